The summed E-state index contributed by atoms with van der Waals surface area (Å²) in [4.78, 5) is 0. The van der Waals surface area contributed by atoms with E-state index in [-0.39, 0.29) is 11.2 Å². The van der Waals surface area contributed by atoms with Gasteiger partial charge in [0.15, 0.2) is 0 Å². The highest BCUT2D eigenvalue weighted by atomic mass is 16.5. The van der Waals surface area contributed by atoms with E-state index in [9.17, 15) is 0 Å². The number of rotatable bonds is 6. The Morgan fingerprint density at radius 3 is 1.48 bits per heavy atom. The maximum atomic E-state index is 6.73. The molecule has 2 rings (SSSR count). The third-order valence-corrected chi connectivity index (χ3v) is 5.04. The summed E-state index contributed by atoms with van der Waals surface area (Å²) in [7, 11) is 0. The largest absolute Gasteiger partial charge is 0.360 e. The molecule has 2 atom stereocenters. The molecule has 2 unspecified atom stereocenters. The van der Waals surface area contributed by atoms with Crippen LogP contribution in [0.5, 0.6) is 0 Å². The van der Waals surface area contributed by atoms with Crippen molar-refractivity contribution in [3.8, 4) is 0 Å². The number of hydrogen-bond donors (Lipinski definition) is 0. The summed E-state index contributed by atoms with van der Waals surface area (Å²) >= 11 is 0. The average Bonchev–Trinajstić information content (AvgIpc) is 2.56. The molecule has 2 aliphatic carbocycles. The summed E-state index contributed by atoms with van der Waals surface area (Å²) in [6.45, 7) is 8.89. The van der Waals surface area contributed by atoms with Gasteiger partial charge in [-0.3, -0.25) is 0 Å². The molecule has 1 nitrogen and oxygen atoms in total. The van der Waals surface area contributed by atoms with Gasteiger partial charge >= 0.3 is 0 Å². The van der Waals surface area contributed by atoms with Gasteiger partial charge in [0, 0.05) is 0 Å². The molecule has 0 N–H and O–H groups in total. The molecule has 0 radical (unpaired) electrons. The molecule has 21 heavy (non-hydrogen) atoms. The van der Waals surface area contributed by atoms with Crippen molar-refractivity contribution in [2.45, 2.75) is 77.4 Å². The Labute approximate surface area is 130 Å². The smallest absolute Gasteiger partial charge is 0.0909 e. The molecule has 0 aromatic carbocycles. The highest BCUT2D eigenvalue weighted by Crippen LogP contribution is 2.39. The normalized spacial score (nSPS) is 32.0. The van der Waals surface area contributed by atoms with Crippen LogP contribution in [-0.2, 0) is 4.74 Å². The zero-order valence-corrected chi connectivity index (χ0v) is 14.1. The summed E-state index contributed by atoms with van der Waals surface area (Å²) in [6.07, 6.45) is 20.1. The SMILES string of the molecule is CCC1=CCC(CC)(OC2(CC)C=CC(CC)=CC2)C=C1. The van der Waals surface area contributed by atoms with Gasteiger partial charge in [-0.2, -0.15) is 0 Å². The van der Waals surface area contributed by atoms with Crippen LogP contribution >= 0.6 is 0 Å². The summed E-state index contributed by atoms with van der Waals surface area (Å²) in [6, 6.07) is 0. The Bertz CT molecular complexity index is 436. The fraction of sp³-hybridized carbons (Fsp3) is 0.600. The molecule has 2 aliphatic rings. The van der Waals surface area contributed by atoms with Crippen molar-refractivity contribution < 1.29 is 4.74 Å². The van der Waals surface area contributed by atoms with Crippen molar-refractivity contribution in [2.75, 3.05) is 0 Å². The number of hydrogen-bond acceptors (Lipinski definition) is 1. The standard InChI is InChI=1S/C20H30O/c1-5-17-9-13-19(7-3,14-10-17)21-20(8-4)15-11-18(6-2)12-16-20/h9-13,15H,5-8,14,16H2,1-4H3. The highest BCUT2D eigenvalue weighted by Gasteiger charge is 2.37. The Morgan fingerprint density at radius 2 is 1.24 bits per heavy atom. The van der Waals surface area contributed by atoms with Crippen LogP contribution in [0.25, 0.3) is 0 Å². The van der Waals surface area contributed by atoms with Crippen molar-refractivity contribution in [1.82, 2.24) is 0 Å². The molecule has 0 bridgehead atoms. The topological polar surface area (TPSA) is 9.23 Å². The van der Waals surface area contributed by atoms with Gasteiger partial charge in [0.25, 0.3) is 0 Å². The van der Waals surface area contributed by atoms with Gasteiger partial charge in [0.2, 0.25) is 0 Å². The summed E-state index contributed by atoms with van der Waals surface area (Å²) in [5, 5.41) is 0. The van der Waals surface area contributed by atoms with Crippen molar-refractivity contribution >= 4 is 0 Å². The van der Waals surface area contributed by atoms with Crippen molar-refractivity contribution in [3.63, 3.8) is 0 Å². The van der Waals surface area contributed by atoms with Gasteiger partial charge in [-0.05, 0) is 38.5 Å². The summed E-state index contributed by atoms with van der Waals surface area (Å²) < 4.78 is 6.73. The van der Waals surface area contributed by atoms with Crippen LogP contribution in [0, 0.1) is 0 Å². The predicted molar refractivity (Wildman–Crippen MR) is 91.4 cm³/mol. The van der Waals surface area contributed by atoms with Gasteiger partial charge in [-0.15, -0.1) is 0 Å². The molecule has 0 aliphatic heterocycles. The zero-order valence-electron chi connectivity index (χ0n) is 14.1. The van der Waals surface area contributed by atoms with Gasteiger partial charge < -0.3 is 4.74 Å². The molecule has 0 aromatic rings. The molecular weight excluding hydrogens is 256 g/mol. The summed E-state index contributed by atoms with van der Waals surface area (Å²) in [5.41, 5.74) is 2.61. The van der Waals surface area contributed by atoms with E-state index < -0.39 is 0 Å². The Balaban J connectivity index is 2.15. The fourth-order valence-corrected chi connectivity index (χ4v) is 3.15. The zero-order chi connectivity index (χ0) is 15.3. The van der Waals surface area contributed by atoms with Gasteiger partial charge in [0.05, 0.1) is 11.2 Å². The molecular formula is C20H30O. The molecule has 1 heteroatoms. The Morgan fingerprint density at radius 1 is 0.810 bits per heavy atom. The summed E-state index contributed by atoms with van der Waals surface area (Å²) in [5.74, 6) is 0. The molecule has 0 spiro atoms. The lowest BCUT2D eigenvalue weighted by Gasteiger charge is -2.42. The second kappa shape index (κ2) is 6.79. The minimum Gasteiger partial charge on any atom is -0.360 e. The maximum absolute atomic E-state index is 6.73. The predicted octanol–water partition coefficient (Wildman–Crippen LogP) is 5.89. The van der Waals surface area contributed by atoms with E-state index in [4.69, 9.17) is 4.74 Å². The van der Waals surface area contributed by atoms with Crippen molar-refractivity contribution in [2.24, 2.45) is 0 Å². The maximum Gasteiger partial charge on any atom is 0.0909 e. The van der Waals surface area contributed by atoms with E-state index >= 15 is 0 Å². The Kier molecular flexibility index (Phi) is 5.27. The number of allylic oxidation sites excluding steroid dienone is 4. The lowest BCUT2D eigenvalue weighted by atomic mass is 9.84. The molecule has 0 saturated carbocycles. The third-order valence-electron chi connectivity index (χ3n) is 5.04. The van der Waals surface area contributed by atoms with Gasteiger partial charge in [-0.1, -0.05) is 75.3 Å². The van der Waals surface area contributed by atoms with Crippen LogP contribution in [0.2, 0.25) is 0 Å². The van der Waals surface area contributed by atoms with E-state index in [1.807, 2.05) is 0 Å². The van der Waals surface area contributed by atoms with Crippen molar-refractivity contribution in [1.29, 1.82) is 0 Å². The third kappa shape index (κ3) is 3.58. The van der Waals surface area contributed by atoms with E-state index in [1.165, 1.54) is 11.1 Å². The van der Waals surface area contributed by atoms with Gasteiger partial charge in [-0.25, -0.2) is 0 Å². The van der Waals surface area contributed by atoms with E-state index in [2.05, 4.69) is 64.2 Å². The van der Waals surface area contributed by atoms with Crippen molar-refractivity contribution in [3.05, 3.63) is 47.6 Å². The second-order valence-corrected chi connectivity index (χ2v) is 6.28. The minimum absolute atomic E-state index is 0.128. The van der Waals surface area contributed by atoms with E-state index in [0.717, 1.165) is 38.5 Å². The first kappa shape index (κ1) is 16.3. The highest BCUT2D eigenvalue weighted by molar-refractivity contribution is 5.31. The molecule has 0 amide bonds. The first-order chi connectivity index (χ1) is 10.1. The number of ether oxygens (including phenoxy) is 1. The lowest BCUT2D eigenvalue weighted by molar-refractivity contribution is -0.110. The van der Waals surface area contributed by atoms with Gasteiger partial charge in [0.1, 0.15) is 0 Å². The van der Waals surface area contributed by atoms with E-state index in [1.54, 1.807) is 0 Å². The first-order valence-electron chi connectivity index (χ1n) is 8.57. The average molecular weight is 286 g/mol. The van der Waals surface area contributed by atoms with Crippen LogP contribution in [-0.4, -0.2) is 11.2 Å². The Hall–Kier alpha value is -1.08. The molecule has 116 valence electrons. The molecule has 0 aromatic heterocycles. The minimum atomic E-state index is -0.128. The second-order valence-electron chi connectivity index (χ2n) is 6.28. The fourth-order valence-electron chi connectivity index (χ4n) is 3.15. The molecule has 0 fully saturated rings. The molecule has 0 saturated heterocycles. The quantitative estimate of drug-likeness (QED) is 0.591. The first-order valence-corrected chi connectivity index (χ1v) is 8.57. The van der Waals surface area contributed by atoms with Crippen LogP contribution < -0.4 is 0 Å². The monoisotopic (exact) mass is 286 g/mol. The molecule has 0 heterocycles. The van der Waals surface area contributed by atoms with Crippen LogP contribution in [0.3, 0.4) is 0 Å². The van der Waals surface area contributed by atoms with Crippen LogP contribution in [0.4, 0.5) is 0 Å². The van der Waals surface area contributed by atoms with Crippen LogP contribution in [0.1, 0.15) is 66.2 Å². The lowest BCUT2D eigenvalue weighted by Crippen LogP contribution is -2.43. The van der Waals surface area contributed by atoms with Crippen LogP contribution in [0.15, 0.2) is 47.6 Å². The van der Waals surface area contributed by atoms with E-state index in [0.29, 0.717) is 0 Å².